The van der Waals surface area contributed by atoms with Crippen LogP contribution in [0.2, 0.25) is 0 Å². The van der Waals surface area contributed by atoms with Crippen molar-refractivity contribution < 1.29 is 16.5 Å². The Morgan fingerprint density at radius 1 is 1.00 bits per heavy atom. The molecule has 1 heteroatoms. The third-order valence-corrected chi connectivity index (χ3v) is 0. The molecule has 36 valence electrons. The Balaban J connectivity index is 0. The van der Waals surface area contributed by atoms with E-state index in [2.05, 4.69) is 20.8 Å². The third-order valence-electron chi connectivity index (χ3n) is 0. The molecule has 0 bridgehead atoms. The molecule has 0 spiro atoms. The molecule has 0 N–H and O–H groups in total. The summed E-state index contributed by atoms with van der Waals surface area (Å²) >= 11 is 0. The van der Waals surface area contributed by atoms with Crippen molar-refractivity contribution in [2.24, 2.45) is 5.92 Å². The average molecular weight is 117 g/mol. The number of hydrogen-bond donors (Lipinski definition) is 0. The smallest absolute Gasteiger partial charge is 0 e. The Morgan fingerprint density at radius 2 is 1.00 bits per heavy atom. The molecule has 0 saturated carbocycles. The van der Waals surface area contributed by atoms with E-state index < -0.39 is 0 Å². The Kier molecular flexibility index (Phi) is 8.17. The van der Waals surface area contributed by atoms with Gasteiger partial charge in [0.05, 0.1) is 0 Å². The molecule has 0 aromatic carbocycles. The largest absolute Gasteiger partial charge is 0.0630 e. The van der Waals surface area contributed by atoms with E-state index in [4.69, 9.17) is 0 Å². The van der Waals surface area contributed by atoms with E-state index in [1.165, 1.54) is 0 Å². The van der Waals surface area contributed by atoms with Gasteiger partial charge in [0, 0.05) is 16.5 Å². The van der Waals surface area contributed by atoms with Crippen molar-refractivity contribution in [1.82, 2.24) is 0 Å². The van der Waals surface area contributed by atoms with Crippen LogP contribution >= 0.6 is 0 Å². The van der Waals surface area contributed by atoms with Gasteiger partial charge >= 0.3 is 0 Å². The fraction of sp³-hybridized carbons (Fsp3) is 1.00. The molecule has 0 unspecified atom stereocenters. The second-order valence-corrected chi connectivity index (χ2v) is 1.73. The average Bonchev–Trinajstić information content (AvgIpc) is 0.811. The standard InChI is InChI=1S/C4H10.Ni/c1-4(2)3;/h4H,1-3H3;. The molecular weight excluding hydrogens is 107 g/mol. The molecule has 0 rings (SSSR count). The molecule has 0 saturated heterocycles. The van der Waals surface area contributed by atoms with Gasteiger partial charge in [0.1, 0.15) is 0 Å². The maximum absolute atomic E-state index is 2.17. The van der Waals surface area contributed by atoms with E-state index in [0.717, 1.165) is 5.92 Å². The second kappa shape index (κ2) is 4.49. The minimum Gasteiger partial charge on any atom is -0.0630 e. The van der Waals surface area contributed by atoms with Crippen molar-refractivity contribution in [1.29, 1.82) is 0 Å². The maximum atomic E-state index is 2.17. The minimum atomic E-state index is 0. The molecule has 0 fully saturated rings. The summed E-state index contributed by atoms with van der Waals surface area (Å²) in [6.07, 6.45) is 0. The van der Waals surface area contributed by atoms with Crippen molar-refractivity contribution in [3.05, 3.63) is 0 Å². The van der Waals surface area contributed by atoms with Gasteiger partial charge in [-0.15, -0.1) is 0 Å². The fourth-order valence-electron chi connectivity index (χ4n) is 0. The predicted octanol–water partition coefficient (Wildman–Crippen LogP) is 1.66. The summed E-state index contributed by atoms with van der Waals surface area (Å²) < 4.78 is 0. The van der Waals surface area contributed by atoms with Gasteiger partial charge in [0.25, 0.3) is 0 Å². The second-order valence-electron chi connectivity index (χ2n) is 1.73. The molecule has 5 heavy (non-hydrogen) atoms. The van der Waals surface area contributed by atoms with Gasteiger partial charge in [-0.1, -0.05) is 20.8 Å². The first-order valence-corrected chi connectivity index (χ1v) is 1.73. The zero-order chi connectivity index (χ0) is 3.58. The van der Waals surface area contributed by atoms with Crippen molar-refractivity contribution >= 4 is 0 Å². The van der Waals surface area contributed by atoms with Crippen LogP contribution in [0.25, 0.3) is 0 Å². The van der Waals surface area contributed by atoms with Crippen molar-refractivity contribution in [3.63, 3.8) is 0 Å². The van der Waals surface area contributed by atoms with Crippen molar-refractivity contribution in [2.45, 2.75) is 20.8 Å². The summed E-state index contributed by atoms with van der Waals surface area (Å²) in [6, 6.07) is 0. The molecule has 0 aromatic heterocycles. The molecule has 0 nitrogen and oxygen atoms in total. The van der Waals surface area contributed by atoms with E-state index in [1.807, 2.05) is 0 Å². The summed E-state index contributed by atoms with van der Waals surface area (Å²) in [5.74, 6) is 0.833. The van der Waals surface area contributed by atoms with Gasteiger partial charge in [-0.3, -0.25) is 0 Å². The first kappa shape index (κ1) is 9.09. The summed E-state index contributed by atoms with van der Waals surface area (Å²) in [5.41, 5.74) is 0. The first-order chi connectivity index (χ1) is 1.73. The van der Waals surface area contributed by atoms with Gasteiger partial charge in [0.2, 0.25) is 0 Å². The monoisotopic (exact) mass is 116 g/mol. The van der Waals surface area contributed by atoms with Crippen LogP contribution < -0.4 is 0 Å². The third kappa shape index (κ3) is 115. The number of hydrogen-bond acceptors (Lipinski definition) is 0. The summed E-state index contributed by atoms with van der Waals surface area (Å²) in [5, 5.41) is 0. The summed E-state index contributed by atoms with van der Waals surface area (Å²) in [7, 11) is 0. The molecule has 0 heterocycles. The van der Waals surface area contributed by atoms with Crippen LogP contribution in [0.1, 0.15) is 20.8 Å². The first-order valence-electron chi connectivity index (χ1n) is 1.73. The minimum absolute atomic E-state index is 0. The van der Waals surface area contributed by atoms with E-state index in [0.29, 0.717) is 0 Å². The van der Waals surface area contributed by atoms with Crippen LogP contribution in [-0.2, 0) is 16.5 Å². The van der Waals surface area contributed by atoms with Crippen LogP contribution in [0.15, 0.2) is 0 Å². The molecule has 0 atom stereocenters. The number of rotatable bonds is 0. The molecule has 0 aliphatic heterocycles. The Hall–Kier alpha value is 0.494. The van der Waals surface area contributed by atoms with Crippen LogP contribution in [0.4, 0.5) is 0 Å². The topological polar surface area (TPSA) is 0 Å². The van der Waals surface area contributed by atoms with Crippen LogP contribution in [0.3, 0.4) is 0 Å². The fourth-order valence-corrected chi connectivity index (χ4v) is 0. The summed E-state index contributed by atoms with van der Waals surface area (Å²) in [6.45, 7) is 6.50. The Labute approximate surface area is 43.9 Å². The van der Waals surface area contributed by atoms with Crippen molar-refractivity contribution in [3.8, 4) is 0 Å². The van der Waals surface area contributed by atoms with Crippen LogP contribution in [0, 0.1) is 5.92 Å². The molecule has 0 aromatic rings. The molecule has 0 aliphatic rings. The normalized spacial score (nSPS) is 7.20. The molecule has 0 aliphatic carbocycles. The van der Waals surface area contributed by atoms with Gasteiger partial charge in [-0.05, 0) is 5.92 Å². The summed E-state index contributed by atoms with van der Waals surface area (Å²) in [4.78, 5) is 0. The molecule has 0 amide bonds. The van der Waals surface area contributed by atoms with Gasteiger partial charge < -0.3 is 0 Å². The Morgan fingerprint density at radius 3 is 1.00 bits per heavy atom. The van der Waals surface area contributed by atoms with Crippen molar-refractivity contribution in [2.75, 3.05) is 0 Å². The molecular formula is C4H10Ni. The van der Waals surface area contributed by atoms with E-state index in [1.54, 1.807) is 0 Å². The van der Waals surface area contributed by atoms with Crippen LogP contribution in [0.5, 0.6) is 0 Å². The Bertz CT molecular complexity index is 8.36. The zero-order valence-electron chi connectivity index (χ0n) is 3.89. The molecule has 0 radical (unpaired) electrons. The predicted molar refractivity (Wildman–Crippen MR) is 20.5 cm³/mol. The van der Waals surface area contributed by atoms with Crippen LogP contribution in [-0.4, -0.2) is 0 Å². The van der Waals surface area contributed by atoms with E-state index >= 15 is 0 Å². The van der Waals surface area contributed by atoms with Gasteiger partial charge in [-0.25, -0.2) is 0 Å². The van der Waals surface area contributed by atoms with E-state index in [-0.39, 0.29) is 16.5 Å². The quantitative estimate of drug-likeness (QED) is 0.423. The zero-order valence-corrected chi connectivity index (χ0v) is 4.88. The van der Waals surface area contributed by atoms with Gasteiger partial charge in [-0.2, -0.15) is 0 Å². The SMILES string of the molecule is CC(C)C.[Ni]. The maximum Gasteiger partial charge on any atom is 0 e. The van der Waals surface area contributed by atoms with E-state index in [9.17, 15) is 0 Å². The van der Waals surface area contributed by atoms with Gasteiger partial charge in [0.15, 0.2) is 0 Å².